The standard InChI is InChI=1S/C15H14ClFN2O3/c16-9-2-3-10(18)13(14(9)17)7-5-8-1-4-11(15(21)22)19(8)12(20)6-7/h2-3,6,8,11H,1,4-5,18H2,(H,21,22)/t8-,11+/m0/s1. The minimum absolute atomic E-state index is 0.0604. The Bertz CT molecular complexity index is 704. The molecule has 5 nitrogen and oxygen atoms in total. The van der Waals surface area contributed by atoms with Gasteiger partial charge in [0.25, 0.3) is 0 Å². The van der Waals surface area contributed by atoms with E-state index in [1.54, 1.807) is 0 Å². The van der Waals surface area contributed by atoms with Crippen LogP contribution in [0.1, 0.15) is 24.8 Å². The maximum atomic E-state index is 14.3. The minimum atomic E-state index is -1.01. The predicted octanol–water partition coefficient (Wildman–Crippen LogP) is 2.29. The van der Waals surface area contributed by atoms with Crippen molar-refractivity contribution in [3.63, 3.8) is 0 Å². The second kappa shape index (κ2) is 5.28. The molecule has 2 aliphatic rings. The number of hydrogen-bond donors (Lipinski definition) is 2. The Balaban J connectivity index is 2.01. The molecular weight excluding hydrogens is 311 g/mol. The second-order valence-corrected chi connectivity index (χ2v) is 5.94. The zero-order valence-electron chi connectivity index (χ0n) is 11.6. The highest BCUT2D eigenvalue weighted by molar-refractivity contribution is 6.31. The van der Waals surface area contributed by atoms with Gasteiger partial charge in [-0.1, -0.05) is 11.6 Å². The molecule has 116 valence electrons. The first-order chi connectivity index (χ1) is 10.4. The summed E-state index contributed by atoms with van der Waals surface area (Å²) in [6.45, 7) is 0. The highest BCUT2D eigenvalue weighted by atomic mass is 35.5. The predicted molar refractivity (Wildman–Crippen MR) is 79.7 cm³/mol. The van der Waals surface area contributed by atoms with Crippen LogP contribution in [-0.4, -0.2) is 34.0 Å². The Morgan fingerprint density at radius 1 is 1.41 bits per heavy atom. The summed E-state index contributed by atoms with van der Waals surface area (Å²) in [4.78, 5) is 24.8. The third-order valence-electron chi connectivity index (χ3n) is 4.24. The summed E-state index contributed by atoms with van der Waals surface area (Å²) in [6.07, 6.45) is 2.61. The maximum absolute atomic E-state index is 14.3. The van der Waals surface area contributed by atoms with Gasteiger partial charge in [0, 0.05) is 23.4 Å². The van der Waals surface area contributed by atoms with Crippen molar-refractivity contribution in [1.29, 1.82) is 0 Å². The van der Waals surface area contributed by atoms with Crippen LogP contribution in [0.15, 0.2) is 18.2 Å². The van der Waals surface area contributed by atoms with Crippen LogP contribution in [0.3, 0.4) is 0 Å². The number of carbonyl (C=O) groups excluding carboxylic acids is 1. The molecule has 0 spiro atoms. The Hall–Kier alpha value is -2.08. The Kier molecular flexibility index (Phi) is 3.56. The number of benzene rings is 1. The van der Waals surface area contributed by atoms with E-state index >= 15 is 0 Å². The number of nitrogens with zero attached hydrogens (tertiary/aromatic N) is 1. The number of halogens is 2. The molecule has 2 atom stereocenters. The number of amides is 1. The average molecular weight is 325 g/mol. The van der Waals surface area contributed by atoms with E-state index in [1.165, 1.54) is 23.1 Å². The molecule has 0 aromatic heterocycles. The van der Waals surface area contributed by atoms with Crippen molar-refractivity contribution in [1.82, 2.24) is 4.90 Å². The first-order valence-electron chi connectivity index (χ1n) is 6.89. The Morgan fingerprint density at radius 3 is 2.82 bits per heavy atom. The van der Waals surface area contributed by atoms with Gasteiger partial charge in [-0.2, -0.15) is 0 Å². The number of rotatable bonds is 2. The molecule has 0 saturated carbocycles. The fraction of sp³-hybridized carbons (Fsp3) is 0.333. The van der Waals surface area contributed by atoms with Crippen molar-refractivity contribution >= 4 is 34.7 Å². The molecule has 0 bridgehead atoms. The van der Waals surface area contributed by atoms with Gasteiger partial charge in [0.2, 0.25) is 5.91 Å². The van der Waals surface area contributed by atoms with Crippen LogP contribution in [0, 0.1) is 5.82 Å². The third-order valence-corrected chi connectivity index (χ3v) is 4.54. The summed E-state index contributed by atoms with van der Waals surface area (Å²) in [7, 11) is 0. The lowest BCUT2D eigenvalue weighted by atomic mass is 9.92. The van der Waals surface area contributed by atoms with Gasteiger partial charge >= 0.3 is 5.97 Å². The van der Waals surface area contributed by atoms with Crippen LogP contribution in [0.2, 0.25) is 5.02 Å². The van der Waals surface area contributed by atoms with Crippen molar-refractivity contribution in [3.8, 4) is 0 Å². The fourth-order valence-electron chi connectivity index (χ4n) is 3.26. The Morgan fingerprint density at radius 2 is 2.14 bits per heavy atom. The molecular formula is C15H14ClFN2O3. The second-order valence-electron chi connectivity index (χ2n) is 5.53. The molecule has 0 aliphatic carbocycles. The number of anilines is 1. The summed E-state index contributed by atoms with van der Waals surface area (Å²) in [6, 6.07) is 1.80. The van der Waals surface area contributed by atoms with Crippen LogP contribution in [0.5, 0.6) is 0 Å². The molecule has 2 aliphatic heterocycles. The van der Waals surface area contributed by atoms with Crippen molar-refractivity contribution in [2.45, 2.75) is 31.3 Å². The zero-order valence-corrected chi connectivity index (χ0v) is 12.3. The molecule has 7 heteroatoms. The lowest BCUT2D eigenvalue weighted by Crippen LogP contribution is -2.46. The molecule has 1 aromatic carbocycles. The van der Waals surface area contributed by atoms with Gasteiger partial charge in [0.05, 0.1) is 5.02 Å². The zero-order chi connectivity index (χ0) is 16.0. The van der Waals surface area contributed by atoms with E-state index in [-0.39, 0.29) is 22.3 Å². The number of carbonyl (C=O) groups is 2. The van der Waals surface area contributed by atoms with Crippen LogP contribution in [-0.2, 0) is 9.59 Å². The van der Waals surface area contributed by atoms with Gasteiger partial charge < -0.3 is 15.7 Å². The minimum Gasteiger partial charge on any atom is -0.480 e. The normalized spacial score (nSPS) is 24.2. The number of hydrogen-bond acceptors (Lipinski definition) is 3. The van der Waals surface area contributed by atoms with Gasteiger partial charge in [-0.25, -0.2) is 9.18 Å². The summed E-state index contributed by atoms with van der Waals surface area (Å²) in [5, 5.41) is 9.11. The smallest absolute Gasteiger partial charge is 0.326 e. The maximum Gasteiger partial charge on any atom is 0.326 e. The van der Waals surface area contributed by atoms with Crippen LogP contribution >= 0.6 is 11.6 Å². The number of fused-ring (bicyclic) bond motifs is 1. The molecule has 3 N–H and O–H groups in total. The molecule has 2 heterocycles. The molecule has 3 rings (SSSR count). The lowest BCUT2D eigenvalue weighted by molar-refractivity contribution is -0.147. The Labute approximate surface area is 131 Å². The van der Waals surface area contributed by atoms with Gasteiger partial charge in [-0.15, -0.1) is 0 Å². The first kappa shape index (κ1) is 14.8. The summed E-state index contributed by atoms with van der Waals surface area (Å²) >= 11 is 5.79. The van der Waals surface area contributed by atoms with Crippen molar-refractivity contribution in [3.05, 3.63) is 34.6 Å². The largest absolute Gasteiger partial charge is 0.480 e. The van der Waals surface area contributed by atoms with Gasteiger partial charge in [0.15, 0.2) is 5.82 Å². The van der Waals surface area contributed by atoms with E-state index in [0.717, 1.165) is 0 Å². The molecule has 22 heavy (non-hydrogen) atoms. The summed E-state index contributed by atoms with van der Waals surface area (Å²) in [5.41, 5.74) is 6.64. The molecule has 0 unspecified atom stereocenters. The number of nitrogen functional groups attached to an aromatic ring is 1. The van der Waals surface area contributed by atoms with Crippen molar-refractivity contribution < 1.29 is 19.1 Å². The van der Waals surface area contributed by atoms with E-state index < -0.39 is 23.7 Å². The van der Waals surface area contributed by atoms with Crippen molar-refractivity contribution in [2.24, 2.45) is 0 Å². The van der Waals surface area contributed by atoms with E-state index in [9.17, 15) is 14.0 Å². The van der Waals surface area contributed by atoms with Crippen LogP contribution < -0.4 is 5.73 Å². The fourth-order valence-corrected chi connectivity index (χ4v) is 3.42. The quantitative estimate of drug-likeness (QED) is 0.818. The van der Waals surface area contributed by atoms with E-state index in [4.69, 9.17) is 22.4 Å². The van der Waals surface area contributed by atoms with Crippen molar-refractivity contribution in [2.75, 3.05) is 5.73 Å². The number of carboxylic acid groups (broad SMARTS) is 1. The summed E-state index contributed by atoms with van der Waals surface area (Å²) in [5.74, 6) is -2.09. The summed E-state index contributed by atoms with van der Waals surface area (Å²) < 4.78 is 14.3. The highest BCUT2D eigenvalue weighted by Gasteiger charge is 2.43. The third kappa shape index (κ3) is 2.23. The van der Waals surface area contributed by atoms with Gasteiger partial charge in [-0.05, 0) is 37.0 Å². The monoisotopic (exact) mass is 324 g/mol. The molecule has 1 amide bonds. The van der Waals surface area contributed by atoms with E-state index in [2.05, 4.69) is 0 Å². The number of carboxylic acids is 1. The molecule has 0 radical (unpaired) electrons. The topological polar surface area (TPSA) is 83.6 Å². The molecule has 1 aromatic rings. The van der Waals surface area contributed by atoms with E-state index in [1.807, 2.05) is 0 Å². The van der Waals surface area contributed by atoms with Crippen LogP contribution in [0.4, 0.5) is 10.1 Å². The van der Waals surface area contributed by atoms with Crippen LogP contribution in [0.25, 0.3) is 5.57 Å². The lowest BCUT2D eigenvalue weighted by Gasteiger charge is -2.32. The van der Waals surface area contributed by atoms with Gasteiger partial charge in [-0.3, -0.25) is 4.79 Å². The molecule has 1 saturated heterocycles. The number of aliphatic carboxylic acids is 1. The number of nitrogens with two attached hydrogens (primary N) is 1. The first-order valence-corrected chi connectivity index (χ1v) is 7.27. The molecule has 1 fully saturated rings. The highest BCUT2D eigenvalue weighted by Crippen LogP contribution is 2.39. The van der Waals surface area contributed by atoms with Gasteiger partial charge in [0.1, 0.15) is 6.04 Å². The average Bonchev–Trinajstić information content (AvgIpc) is 2.88. The van der Waals surface area contributed by atoms with E-state index in [0.29, 0.717) is 24.8 Å². The SMILES string of the molecule is Nc1ccc(Cl)c(F)c1C1=CC(=O)N2[C@@H](CC[C@@H]2C(=O)O)C1.